The molecule has 2 aromatic rings. The number of anilines is 1. The summed E-state index contributed by atoms with van der Waals surface area (Å²) >= 11 is 0. The van der Waals surface area contributed by atoms with E-state index in [2.05, 4.69) is 19.2 Å². The van der Waals surface area contributed by atoms with Crippen LogP contribution >= 0.6 is 0 Å². The zero-order valence-electron chi connectivity index (χ0n) is 17.4. The van der Waals surface area contributed by atoms with Crippen LogP contribution in [-0.2, 0) is 14.3 Å². The van der Waals surface area contributed by atoms with Crippen molar-refractivity contribution < 1.29 is 23.8 Å². The molecule has 0 aromatic heterocycles. The molecule has 0 aliphatic heterocycles. The Bertz CT molecular complexity index is 902. The molecule has 0 unspecified atom stereocenters. The summed E-state index contributed by atoms with van der Waals surface area (Å²) in [7, 11) is 3.09. The second kappa shape index (κ2) is 10.3. The van der Waals surface area contributed by atoms with Gasteiger partial charge < -0.3 is 19.5 Å². The summed E-state index contributed by atoms with van der Waals surface area (Å²) in [5.41, 5.74) is 3.51. The van der Waals surface area contributed by atoms with Crippen molar-refractivity contribution in [1.82, 2.24) is 0 Å². The predicted molar refractivity (Wildman–Crippen MR) is 113 cm³/mol. The lowest BCUT2D eigenvalue weighted by molar-refractivity contribution is -0.142. The second-order valence-corrected chi connectivity index (χ2v) is 6.80. The van der Waals surface area contributed by atoms with E-state index in [1.165, 1.54) is 13.2 Å². The zero-order valence-corrected chi connectivity index (χ0v) is 17.4. The number of rotatable bonds is 8. The fourth-order valence-corrected chi connectivity index (χ4v) is 2.82. The number of carbonyl (C=O) groups excluding carboxylic acids is 2. The maximum absolute atomic E-state index is 12.2. The van der Waals surface area contributed by atoms with E-state index < -0.39 is 5.97 Å². The number of hydrogen-bond donors (Lipinski definition) is 1. The van der Waals surface area contributed by atoms with Crippen LogP contribution in [-0.4, -0.2) is 32.7 Å². The highest BCUT2D eigenvalue weighted by Crippen LogP contribution is 2.28. The van der Waals surface area contributed by atoms with Crippen molar-refractivity contribution in [1.29, 1.82) is 0 Å². The highest BCUT2D eigenvalue weighted by atomic mass is 16.5. The lowest BCUT2D eigenvalue weighted by Crippen LogP contribution is -2.21. The Hall–Kier alpha value is -3.28. The molecule has 0 aliphatic rings. The molecule has 0 spiro atoms. The van der Waals surface area contributed by atoms with Crippen LogP contribution in [0.1, 0.15) is 36.5 Å². The zero-order chi connectivity index (χ0) is 21.4. The van der Waals surface area contributed by atoms with Crippen LogP contribution in [0.2, 0.25) is 0 Å². The number of amides is 1. The van der Waals surface area contributed by atoms with E-state index in [0.29, 0.717) is 11.5 Å². The molecule has 0 radical (unpaired) electrons. The number of para-hydroxylation sites is 1. The quantitative estimate of drug-likeness (QED) is 0.530. The third-order valence-electron chi connectivity index (χ3n) is 4.36. The Morgan fingerprint density at radius 3 is 2.45 bits per heavy atom. The van der Waals surface area contributed by atoms with Crippen LogP contribution in [0.4, 0.5) is 5.69 Å². The van der Waals surface area contributed by atoms with E-state index in [9.17, 15) is 9.59 Å². The molecule has 0 saturated heterocycles. The largest absolute Gasteiger partial charge is 0.493 e. The van der Waals surface area contributed by atoms with Gasteiger partial charge in [0.2, 0.25) is 0 Å². The van der Waals surface area contributed by atoms with Crippen molar-refractivity contribution in [3.63, 3.8) is 0 Å². The number of methoxy groups -OCH3 is 2. The van der Waals surface area contributed by atoms with Crippen molar-refractivity contribution >= 4 is 23.6 Å². The Morgan fingerprint density at radius 2 is 1.79 bits per heavy atom. The summed E-state index contributed by atoms with van der Waals surface area (Å²) in [5, 5.41) is 2.85. The van der Waals surface area contributed by atoms with E-state index in [4.69, 9.17) is 14.2 Å². The highest BCUT2D eigenvalue weighted by Gasteiger charge is 2.13. The number of nitrogens with one attached hydrogen (secondary N) is 1. The van der Waals surface area contributed by atoms with Crippen LogP contribution in [0.15, 0.2) is 42.5 Å². The molecule has 29 heavy (non-hydrogen) atoms. The number of ether oxygens (including phenoxy) is 3. The van der Waals surface area contributed by atoms with E-state index in [1.807, 2.05) is 25.1 Å². The van der Waals surface area contributed by atoms with Gasteiger partial charge in [-0.15, -0.1) is 0 Å². The maximum Gasteiger partial charge on any atom is 0.331 e. The number of aryl methyl sites for hydroxylation is 1. The summed E-state index contributed by atoms with van der Waals surface area (Å²) in [6.45, 7) is 5.69. The molecule has 1 N–H and O–H groups in total. The van der Waals surface area contributed by atoms with Crippen LogP contribution < -0.4 is 14.8 Å². The van der Waals surface area contributed by atoms with Gasteiger partial charge in [-0.05, 0) is 47.7 Å². The van der Waals surface area contributed by atoms with E-state index in [1.54, 1.807) is 31.4 Å². The highest BCUT2D eigenvalue weighted by molar-refractivity contribution is 5.95. The number of esters is 1. The van der Waals surface area contributed by atoms with Gasteiger partial charge in [-0.2, -0.15) is 0 Å². The van der Waals surface area contributed by atoms with E-state index in [0.717, 1.165) is 22.4 Å². The Kier molecular flexibility index (Phi) is 7.83. The van der Waals surface area contributed by atoms with Crippen LogP contribution in [0, 0.1) is 6.92 Å². The molecule has 154 valence electrons. The summed E-state index contributed by atoms with van der Waals surface area (Å²) in [6.07, 6.45) is 2.85. The fourth-order valence-electron chi connectivity index (χ4n) is 2.82. The predicted octanol–water partition coefficient (Wildman–Crippen LogP) is 4.33. The molecule has 2 rings (SSSR count). The molecule has 0 fully saturated rings. The van der Waals surface area contributed by atoms with Crippen LogP contribution in [0.25, 0.3) is 6.08 Å². The van der Waals surface area contributed by atoms with Gasteiger partial charge in [0.1, 0.15) is 0 Å². The van der Waals surface area contributed by atoms with Gasteiger partial charge in [-0.3, -0.25) is 4.79 Å². The smallest absolute Gasteiger partial charge is 0.331 e. The molecule has 6 heteroatoms. The molecule has 2 aromatic carbocycles. The monoisotopic (exact) mass is 397 g/mol. The normalized spacial score (nSPS) is 10.8. The molecule has 1 amide bonds. The lowest BCUT2D eigenvalue weighted by Gasteiger charge is -2.16. The van der Waals surface area contributed by atoms with Gasteiger partial charge in [0.15, 0.2) is 18.1 Å². The number of hydrogen-bond acceptors (Lipinski definition) is 5. The van der Waals surface area contributed by atoms with Gasteiger partial charge in [-0.1, -0.05) is 38.1 Å². The molecular formula is C23H27NO5. The topological polar surface area (TPSA) is 73.9 Å². The second-order valence-electron chi connectivity index (χ2n) is 6.80. The lowest BCUT2D eigenvalue weighted by atomic mass is 9.98. The number of carbonyl (C=O) groups is 2. The number of benzene rings is 2. The van der Waals surface area contributed by atoms with Crippen molar-refractivity contribution in [3.05, 3.63) is 59.2 Å². The average Bonchev–Trinajstić information content (AvgIpc) is 2.71. The van der Waals surface area contributed by atoms with Crippen molar-refractivity contribution in [2.75, 3.05) is 26.1 Å². The van der Waals surface area contributed by atoms with Gasteiger partial charge in [0.25, 0.3) is 5.91 Å². The average molecular weight is 397 g/mol. The first-order valence-corrected chi connectivity index (χ1v) is 9.32. The van der Waals surface area contributed by atoms with Crippen molar-refractivity contribution in [2.45, 2.75) is 26.7 Å². The first-order valence-electron chi connectivity index (χ1n) is 9.32. The molecule has 0 aliphatic carbocycles. The molecule has 0 bridgehead atoms. The van der Waals surface area contributed by atoms with Crippen molar-refractivity contribution in [3.8, 4) is 11.5 Å². The van der Waals surface area contributed by atoms with Gasteiger partial charge in [-0.25, -0.2) is 4.79 Å². The minimum atomic E-state index is -0.608. The summed E-state index contributed by atoms with van der Waals surface area (Å²) in [5.74, 6) is 0.428. The van der Waals surface area contributed by atoms with Gasteiger partial charge in [0.05, 0.1) is 14.2 Å². The maximum atomic E-state index is 12.2. The van der Waals surface area contributed by atoms with Gasteiger partial charge in [0, 0.05) is 11.8 Å². The van der Waals surface area contributed by atoms with E-state index >= 15 is 0 Å². The summed E-state index contributed by atoms with van der Waals surface area (Å²) < 4.78 is 15.4. The minimum Gasteiger partial charge on any atom is -0.493 e. The molecule has 0 saturated carbocycles. The Morgan fingerprint density at radius 1 is 1.07 bits per heavy atom. The summed E-state index contributed by atoms with van der Waals surface area (Å²) in [4.78, 5) is 24.2. The molecule has 6 nitrogen and oxygen atoms in total. The third-order valence-corrected chi connectivity index (χ3v) is 4.36. The molecule has 0 atom stereocenters. The standard InChI is InChI=1S/C23H27NO5/c1-15(2)18-8-6-7-16(3)23(18)24-21(25)14-29-22(26)12-10-17-9-11-19(27-4)20(13-17)28-5/h6-13,15H,14H2,1-5H3,(H,24,25)/b12-10+. The van der Waals surface area contributed by atoms with Gasteiger partial charge >= 0.3 is 5.97 Å². The molecule has 0 heterocycles. The Balaban J connectivity index is 1.94. The first kappa shape index (κ1) is 22.0. The van der Waals surface area contributed by atoms with E-state index in [-0.39, 0.29) is 18.4 Å². The Labute approximate surface area is 171 Å². The summed E-state index contributed by atoms with van der Waals surface area (Å²) in [6, 6.07) is 11.1. The first-order chi connectivity index (χ1) is 13.8. The SMILES string of the molecule is COc1ccc(/C=C/C(=O)OCC(=O)Nc2c(C)cccc2C(C)C)cc1OC. The van der Waals surface area contributed by atoms with Crippen LogP contribution in [0.5, 0.6) is 11.5 Å². The van der Waals surface area contributed by atoms with Crippen molar-refractivity contribution in [2.24, 2.45) is 0 Å². The minimum absolute atomic E-state index is 0.261. The third kappa shape index (κ3) is 6.10. The van der Waals surface area contributed by atoms with Crippen LogP contribution in [0.3, 0.4) is 0 Å². The fraction of sp³-hybridized carbons (Fsp3) is 0.304. The molecular weight excluding hydrogens is 370 g/mol.